The van der Waals surface area contributed by atoms with E-state index in [1.807, 2.05) is 0 Å². The number of rotatable bonds is 12. The summed E-state index contributed by atoms with van der Waals surface area (Å²) in [6.07, 6.45) is 4.15. The highest BCUT2D eigenvalue weighted by Gasteiger charge is 2.21. The topological polar surface area (TPSA) is 136 Å². The summed E-state index contributed by atoms with van der Waals surface area (Å²) in [7, 11) is -4.09. The number of hydrogen-bond acceptors (Lipinski definition) is 7. The SMILES string of the molecule is CCCCN(CCCC)c1ccc(S(=O)(=O)Nc2cc([N+](=O)[O-])cc([N+](=O)[O-])c2)cc1. The summed E-state index contributed by atoms with van der Waals surface area (Å²) in [6, 6.07) is 8.99. The Morgan fingerprint density at radius 3 is 1.77 bits per heavy atom. The minimum absolute atomic E-state index is 0.0451. The molecule has 0 aromatic heterocycles. The van der Waals surface area contributed by atoms with E-state index in [4.69, 9.17) is 0 Å². The predicted octanol–water partition coefficient (Wildman–Crippen LogP) is 4.71. The molecule has 0 aliphatic carbocycles. The van der Waals surface area contributed by atoms with E-state index < -0.39 is 31.2 Å². The minimum atomic E-state index is -4.09. The third-order valence-corrected chi connectivity index (χ3v) is 6.05. The van der Waals surface area contributed by atoms with Crippen molar-refractivity contribution in [1.29, 1.82) is 0 Å². The van der Waals surface area contributed by atoms with Crippen molar-refractivity contribution in [3.05, 3.63) is 62.7 Å². The number of benzene rings is 2. The van der Waals surface area contributed by atoms with Gasteiger partial charge in [0.05, 0.1) is 26.5 Å². The highest BCUT2D eigenvalue weighted by molar-refractivity contribution is 7.92. The van der Waals surface area contributed by atoms with Crippen LogP contribution in [-0.2, 0) is 10.0 Å². The van der Waals surface area contributed by atoms with Crippen molar-refractivity contribution in [3.63, 3.8) is 0 Å². The van der Waals surface area contributed by atoms with Crippen LogP contribution in [0.2, 0.25) is 0 Å². The Kier molecular flexibility index (Phi) is 8.31. The van der Waals surface area contributed by atoms with Gasteiger partial charge < -0.3 is 4.90 Å². The molecule has 2 aromatic rings. The van der Waals surface area contributed by atoms with Crippen molar-refractivity contribution in [2.24, 2.45) is 0 Å². The van der Waals surface area contributed by atoms with Gasteiger partial charge in [-0.25, -0.2) is 8.42 Å². The van der Waals surface area contributed by atoms with E-state index in [0.29, 0.717) is 0 Å². The molecule has 0 fully saturated rings. The second-order valence-corrected chi connectivity index (χ2v) is 8.73. The number of nitrogens with one attached hydrogen (secondary N) is 1. The zero-order valence-corrected chi connectivity index (χ0v) is 18.3. The summed E-state index contributed by atoms with van der Waals surface area (Å²) in [5.41, 5.74) is -0.501. The van der Waals surface area contributed by atoms with Gasteiger partial charge in [-0.3, -0.25) is 25.0 Å². The summed E-state index contributed by atoms with van der Waals surface area (Å²) >= 11 is 0. The molecule has 2 aromatic carbocycles. The fourth-order valence-electron chi connectivity index (χ4n) is 2.98. The molecule has 0 atom stereocenters. The smallest absolute Gasteiger partial charge is 0.278 e. The van der Waals surface area contributed by atoms with Crippen LogP contribution in [0.1, 0.15) is 39.5 Å². The van der Waals surface area contributed by atoms with E-state index in [9.17, 15) is 28.6 Å². The second-order valence-electron chi connectivity index (χ2n) is 7.05. The fourth-order valence-corrected chi connectivity index (χ4v) is 4.02. The van der Waals surface area contributed by atoms with Crippen LogP contribution in [0.15, 0.2) is 47.4 Å². The van der Waals surface area contributed by atoms with E-state index in [0.717, 1.165) is 62.7 Å². The van der Waals surface area contributed by atoms with E-state index in [-0.39, 0.29) is 10.6 Å². The molecule has 0 amide bonds. The normalized spacial score (nSPS) is 11.2. The van der Waals surface area contributed by atoms with Crippen LogP contribution < -0.4 is 9.62 Å². The van der Waals surface area contributed by atoms with E-state index >= 15 is 0 Å². The second kappa shape index (κ2) is 10.7. The van der Waals surface area contributed by atoms with Crippen LogP contribution in [0.4, 0.5) is 22.7 Å². The number of nitrogens with zero attached hydrogens (tertiary/aromatic N) is 3. The van der Waals surface area contributed by atoms with Crippen molar-refractivity contribution in [2.75, 3.05) is 22.7 Å². The molecule has 2 rings (SSSR count). The van der Waals surface area contributed by atoms with E-state index in [1.54, 1.807) is 12.1 Å². The monoisotopic (exact) mass is 450 g/mol. The first kappa shape index (κ1) is 24.1. The maximum atomic E-state index is 12.7. The van der Waals surface area contributed by atoms with Gasteiger partial charge in [0.25, 0.3) is 21.4 Å². The van der Waals surface area contributed by atoms with Gasteiger partial charge in [0.15, 0.2) is 0 Å². The van der Waals surface area contributed by atoms with Gasteiger partial charge in [-0.15, -0.1) is 0 Å². The van der Waals surface area contributed by atoms with Gasteiger partial charge in [-0.05, 0) is 37.1 Å². The molecule has 31 heavy (non-hydrogen) atoms. The standard InChI is InChI=1S/C20H26N4O6S/c1-3-5-11-22(12-6-4-2)17-7-9-20(10-8-17)31(29,30)21-16-13-18(23(25)26)15-19(14-16)24(27)28/h7-10,13-15,21H,3-6,11-12H2,1-2H3. The Morgan fingerprint density at radius 1 is 0.871 bits per heavy atom. The summed E-state index contributed by atoms with van der Waals surface area (Å²) in [5, 5.41) is 22.0. The summed E-state index contributed by atoms with van der Waals surface area (Å²) < 4.78 is 27.6. The lowest BCUT2D eigenvalue weighted by Crippen LogP contribution is -2.25. The van der Waals surface area contributed by atoms with Crippen molar-refractivity contribution in [2.45, 2.75) is 44.4 Å². The predicted molar refractivity (Wildman–Crippen MR) is 119 cm³/mol. The molecule has 0 unspecified atom stereocenters. The molecular weight excluding hydrogens is 424 g/mol. The summed E-state index contributed by atoms with van der Waals surface area (Å²) in [6.45, 7) is 5.96. The number of hydrogen-bond donors (Lipinski definition) is 1. The maximum Gasteiger partial charge on any atom is 0.278 e. The lowest BCUT2D eigenvalue weighted by atomic mass is 10.2. The molecule has 0 bridgehead atoms. The molecule has 0 radical (unpaired) electrons. The van der Waals surface area contributed by atoms with Crippen LogP contribution in [-0.4, -0.2) is 31.4 Å². The van der Waals surface area contributed by atoms with Crippen LogP contribution in [0, 0.1) is 20.2 Å². The molecule has 11 heteroatoms. The Bertz CT molecular complexity index is 984. The maximum absolute atomic E-state index is 12.7. The number of anilines is 2. The lowest BCUT2D eigenvalue weighted by Gasteiger charge is -2.25. The van der Waals surface area contributed by atoms with Gasteiger partial charge in [0.2, 0.25) is 0 Å². The largest absolute Gasteiger partial charge is 0.372 e. The quantitative estimate of drug-likeness (QED) is 0.365. The number of non-ortho nitro benzene ring substituents is 2. The van der Waals surface area contributed by atoms with Gasteiger partial charge >= 0.3 is 0 Å². The van der Waals surface area contributed by atoms with Crippen LogP contribution in [0.5, 0.6) is 0 Å². The molecule has 0 saturated heterocycles. The van der Waals surface area contributed by atoms with Gasteiger partial charge in [0, 0.05) is 30.9 Å². The Morgan fingerprint density at radius 2 is 1.35 bits per heavy atom. The molecular formula is C20H26N4O6S. The van der Waals surface area contributed by atoms with Crippen LogP contribution >= 0.6 is 0 Å². The minimum Gasteiger partial charge on any atom is -0.372 e. The zero-order valence-electron chi connectivity index (χ0n) is 17.5. The number of unbranched alkanes of at least 4 members (excludes halogenated alkanes) is 2. The highest BCUT2D eigenvalue weighted by Crippen LogP contribution is 2.28. The van der Waals surface area contributed by atoms with Gasteiger partial charge in [-0.2, -0.15) is 0 Å². The van der Waals surface area contributed by atoms with E-state index in [2.05, 4.69) is 23.5 Å². The Balaban J connectivity index is 2.28. The zero-order chi connectivity index (χ0) is 23.0. The van der Waals surface area contributed by atoms with E-state index in [1.165, 1.54) is 12.1 Å². The molecule has 0 heterocycles. The average Bonchev–Trinajstić information content (AvgIpc) is 2.73. The van der Waals surface area contributed by atoms with Gasteiger partial charge in [-0.1, -0.05) is 26.7 Å². The van der Waals surface area contributed by atoms with Crippen molar-refractivity contribution in [1.82, 2.24) is 0 Å². The van der Waals surface area contributed by atoms with Crippen molar-refractivity contribution < 1.29 is 18.3 Å². The Labute approximate surface area is 181 Å². The van der Waals surface area contributed by atoms with Gasteiger partial charge in [0.1, 0.15) is 0 Å². The first-order chi connectivity index (χ1) is 14.7. The molecule has 0 saturated carbocycles. The summed E-state index contributed by atoms with van der Waals surface area (Å²) in [4.78, 5) is 22.6. The molecule has 168 valence electrons. The van der Waals surface area contributed by atoms with Crippen LogP contribution in [0.25, 0.3) is 0 Å². The molecule has 0 aliphatic heterocycles. The molecule has 0 aliphatic rings. The Hall–Kier alpha value is -3.21. The molecule has 1 N–H and O–H groups in total. The summed E-state index contributed by atoms with van der Waals surface area (Å²) in [5.74, 6) is 0. The molecule has 0 spiro atoms. The van der Waals surface area contributed by atoms with Crippen molar-refractivity contribution in [3.8, 4) is 0 Å². The number of nitro benzene ring substituents is 2. The first-order valence-corrected chi connectivity index (χ1v) is 11.5. The average molecular weight is 451 g/mol. The number of nitro groups is 2. The number of sulfonamides is 1. The third kappa shape index (κ3) is 6.64. The molecule has 10 nitrogen and oxygen atoms in total. The highest BCUT2D eigenvalue weighted by atomic mass is 32.2. The van der Waals surface area contributed by atoms with Crippen molar-refractivity contribution >= 4 is 32.8 Å². The lowest BCUT2D eigenvalue weighted by molar-refractivity contribution is -0.394. The van der Waals surface area contributed by atoms with Crippen LogP contribution in [0.3, 0.4) is 0 Å². The first-order valence-electron chi connectivity index (χ1n) is 9.99. The third-order valence-electron chi connectivity index (χ3n) is 4.65. The fraction of sp³-hybridized carbons (Fsp3) is 0.400.